The number of aromatic nitrogens is 4. The fourth-order valence-electron chi connectivity index (χ4n) is 4.20. The molecule has 1 aliphatic rings. The van der Waals surface area contributed by atoms with E-state index in [1.54, 1.807) is 36.4 Å². The minimum atomic E-state index is -1.21. The molecule has 36 heavy (non-hydrogen) atoms. The summed E-state index contributed by atoms with van der Waals surface area (Å²) in [4.78, 5) is 23.9. The number of aromatic carboxylic acids is 1. The molecule has 0 amide bonds. The highest BCUT2D eigenvalue weighted by Crippen LogP contribution is 2.34. The number of imidazole rings is 1. The molecule has 1 saturated heterocycles. The van der Waals surface area contributed by atoms with Crippen LogP contribution in [-0.2, 0) is 10.5 Å². The summed E-state index contributed by atoms with van der Waals surface area (Å²) in [5, 5.41) is 40.6. The van der Waals surface area contributed by atoms with Crippen LogP contribution in [0.25, 0.3) is 22.3 Å². The Morgan fingerprint density at radius 2 is 1.92 bits per heavy atom. The lowest BCUT2D eigenvalue weighted by atomic mass is 10.00. The third-order valence-corrected chi connectivity index (χ3v) is 7.07. The minimum absolute atomic E-state index is 0.0875. The number of nitrogens with zero attached hydrogens (tertiary/aromatic N) is 4. The molecule has 4 aromatic rings. The molecular weight excluding hydrogens is 486 g/mol. The summed E-state index contributed by atoms with van der Waals surface area (Å²) in [6.45, 7) is 0. The average molecular weight is 510 g/mol. The van der Waals surface area contributed by atoms with E-state index >= 15 is 0 Å². The van der Waals surface area contributed by atoms with Gasteiger partial charge in [-0.15, -0.1) is 0 Å². The van der Waals surface area contributed by atoms with Crippen molar-refractivity contribution in [3.63, 3.8) is 0 Å². The summed E-state index contributed by atoms with van der Waals surface area (Å²) < 4.78 is 7.48. The number of anilines is 1. The van der Waals surface area contributed by atoms with Crippen molar-refractivity contribution in [1.82, 2.24) is 19.5 Å². The van der Waals surface area contributed by atoms with E-state index in [1.165, 1.54) is 29.0 Å². The lowest BCUT2D eigenvalue weighted by Crippen LogP contribution is -2.32. The van der Waals surface area contributed by atoms with Gasteiger partial charge in [0.1, 0.15) is 29.8 Å². The van der Waals surface area contributed by atoms with Crippen LogP contribution >= 0.6 is 11.8 Å². The van der Waals surface area contributed by atoms with Crippen LogP contribution in [-0.4, -0.2) is 70.0 Å². The smallest absolute Gasteiger partial charge is 0.335 e. The number of nitrogens with two attached hydrogens (primary N) is 1. The number of thioether (sulfide) groups is 1. The van der Waals surface area contributed by atoms with Crippen LogP contribution in [0.1, 0.15) is 22.1 Å². The van der Waals surface area contributed by atoms with E-state index in [-0.39, 0.29) is 17.1 Å². The number of rotatable bonds is 7. The average Bonchev–Trinajstić information content (AvgIpc) is 3.41. The van der Waals surface area contributed by atoms with Gasteiger partial charge in [0.15, 0.2) is 17.7 Å². The van der Waals surface area contributed by atoms with Gasteiger partial charge in [0.25, 0.3) is 0 Å². The molecular formula is C24H23N5O6S. The fourth-order valence-corrected chi connectivity index (χ4v) is 5.23. The van der Waals surface area contributed by atoms with Gasteiger partial charge in [0.05, 0.1) is 18.0 Å². The Labute approximate surface area is 209 Å². The van der Waals surface area contributed by atoms with Gasteiger partial charge in [-0.1, -0.05) is 18.2 Å². The number of aliphatic hydroxyl groups is 2. The number of benzene rings is 2. The number of ether oxygens (including phenoxy) is 1. The van der Waals surface area contributed by atoms with E-state index in [2.05, 4.69) is 15.0 Å². The minimum Gasteiger partial charge on any atom is -0.508 e. The zero-order valence-corrected chi connectivity index (χ0v) is 19.6. The number of aliphatic hydroxyl groups excluding tert-OH is 2. The van der Waals surface area contributed by atoms with Gasteiger partial charge in [-0.3, -0.25) is 4.57 Å². The Hall–Kier alpha value is -3.71. The van der Waals surface area contributed by atoms with Crippen LogP contribution in [0.3, 0.4) is 0 Å². The van der Waals surface area contributed by atoms with Gasteiger partial charge in [-0.2, -0.15) is 11.8 Å². The number of phenols is 1. The molecule has 3 heterocycles. The summed E-state index contributed by atoms with van der Waals surface area (Å²) in [7, 11) is 0. The van der Waals surface area contributed by atoms with E-state index in [1.807, 2.05) is 6.07 Å². The molecule has 4 atom stereocenters. The normalized spacial score (nSPS) is 21.7. The lowest BCUT2D eigenvalue weighted by Gasteiger charge is -2.16. The Morgan fingerprint density at radius 3 is 2.69 bits per heavy atom. The van der Waals surface area contributed by atoms with Gasteiger partial charge in [-0.05, 0) is 41.0 Å². The number of carbonyl (C=O) groups is 1. The Balaban J connectivity index is 1.30. The zero-order chi connectivity index (χ0) is 25.4. The molecule has 0 bridgehead atoms. The molecule has 0 saturated carbocycles. The van der Waals surface area contributed by atoms with Gasteiger partial charge in [0.2, 0.25) is 0 Å². The molecule has 12 heteroatoms. The molecule has 6 N–H and O–H groups in total. The molecule has 2 aromatic carbocycles. The van der Waals surface area contributed by atoms with Gasteiger partial charge in [-0.25, -0.2) is 19.7 Å². The van der Waals surface area contributed by atoms with E-state index in [9.17, 15) is 25.2 Å². The van der Waals surface area contributed by atoms with Crippen molar-refractivity contribution in [2.24, 2.45) is 0 Å². The fraction of sp³-hybridized carbons (Fsp3) is 0.250. The van der Waals surface area contributed by atoms with E-state index in [0.29, 0.717) is 33.8 Å². The molecule has 0 spiro atoms. The number of hydrogen-bond donors (Lipinski definition) is 5. The standard InChI is InChI=1S/C24H23N5O6S/c25-21-18-22(27-10-26-21)29(11-28-18)23-20(32)19(31)17(35-23)9-36-8-12-4-14(6-15(5-12)24(33)34)13-2-1-3-16(30)7-13/h1-7,10-11,17,19-20,23,30-32H,8-9H2,(H,33,34)(H2,25,26,27)/t17-,19-,20-,23-/m1/s1. The monoisotopic (exact) mass is 509 g/mol. The first-order valence-corrected chi connectivity index (χ1v) is 12.2. The molecule has 0 aliphatic carbocycles. The van der Waals surface area contributed by atoms with Crippen molar-refractivity contribution < 1.29 is 30.0 Å². The molecule has 186 valence electrons. The van der Waals surface area contributed by atoms with Crippen LogP contribution in [0.4, 0.5) is 5.82 Å². The third-order valence-electron chi connectivity index (χ3n) is 5.97. The number of aromatic hydroxyl groups is 1. The predicted octanol–water partition coefficient (Wildman–Crippen LogP) is 2.03. The number of fused-ring (bicyclic) bond motifs is 1. The Morgan fingerprint density at radius 1 is 1.08 bits per heavy atom. The lowest BCUT2D eigenvalue weighted by molar-refractivity contribution is -0.0289. The predicted molar refractivity (Wildman–Crippen MR) is 132 cm³/mol. The summed E-state index contributed by atoms with van der Waals surface area (Å²) in [5.74, 6) is 0.0210. The van der Waals surface area contributed by atoms with E-state index < -0.39 is 30.5 Å². The number of nitrogen functional groups attached to an aromatic ring is 1. The highest BCUT2D eigenvalue weighted by molar-refractivity contribution is 7.98. The van der Waals surface area contributed by atoms with Crippen molar-refractivity contribution in [3.05, 3.63) is 66.2 Å². The summed E-state index contributed by atoms with van der Waals surface area (Å²) in [6, 6.07) is 11.6. The second-order valence-corrected chi connectivity index (χ2v) is 9.45. The Kier molecular flexibility index (Phi) is 6.49. The first kappa shape index (κ1) is 24.0. The summed E-state index contributed by atoms with van der Waals surface area (Å²) in [5.41, 5.74) is 8.85. The molecule has 0 unspecified atom stereocenters. The van der Waals surface area contributed by atoms with Gasteiger partial charge >= 0.3 is 5.97 Å². The first-order valence-electron chi connectivity index (χ1n) is 11.0. The number of carboxylic acid groups (broad SMARTS) is 1. The van der Waals surface area contributed by atoms with Gasteiger partial charge < -0.3 is 30.9 Å². The van der Waals surface area contributed by atoms with Gasteiger partial charge in [0, 0.05) is 11.5 Å². The first-order chi connectivity index (χ1) is 17.3. The molecule has 2 aromatic heterocycles. The van der Waals surface area contributed by atoms with Crippen LogP contribution in [0.15, 0.2) is 55.1 Å². The molecule has 1 aliphatic heterocycles. The van der Waals surface area contributed by atoms with Crippen LogP contribution < -0.4 is 5.73 Å². The number of phenolic OH excluding ortho intramolecular Hbond substituents is 1. The van der Waals surface area contributed by atoms with Crippen molar-refractivity contribution in [1.29, 1.82) is 0 Å². The van der Waals surface area contributed by atoms with Crippen LogP contribution in [0.5, 0.6) is 5.75 Å². The topological polar surface area (TPSA) is 177 Å². The second kappa shape index (κ2) is 9.74. The van der Waals surface area contributed by atoms with Crippen molar-refractivity contribution >= 4 is 34.7 Å². The van der Waals surface area contributed by atoms with Crippen molar-refractivity contribution in [2.45, 2.75) is 30.3 Å². The Bertz CT molecular complexity index is 1430. The maximum absolute atomic E-state index is 11.7. The van der Waals surface area contributed by atoms with E-state index in [0.717, 1.165) is 5.56 Å². The molecule has 11 nitrogen and oxygen atoms in total. The maximum atomic E-state index is 11.7. The van der Waals surface area contributed by atoms with E-state index in [4.69, 9.17) is 10.5 Å². The number of carboxylic acids is 1. The van der Waals surface area contributed by atoms with Crippen LogP contribution in [0, 0.1) is 0 Å². The second-order valence-electron chi connectivity index (χ2n) is 8.42. The van der Waals surface area contributed by atoms with Crippen LogP contribution in [0.2, 0.25) is 0 Å². The molecule has 5 rings (SSSR count). The molecule has 1 fully saturated rings. The van der Waals surface area contributed by atoms with Crippen molar-refractivity contribution in [2.75, 3.05) is 11.5 Å². The quantitative estimate of drug-likeness (QED) is 0.246. The molecule has 0 radical (unpaired) electrons. The summed E-state index contributed by atoms with van der Waals surface area (Å²) in [6.07, 6.45) is -1.22. The zero-order valence-electron chi connectivity index (χ0n) is 18.8. The highest BCUT2D eigenvalue weighted by Gasteiger charge is 2.44. The SMILES string of the molecule is Nc1ncnc2c1ncn2[C@@H]1O[C@H](CSCc2cc(C(=O)O)cc(-c3cccc(O)c3)c2)[C@@H](O)[C@H]1O. The van der Waals surface area contributed by atoms with Crippen molar-refractivity contribution in [3.8, 4) is 16.9 Å². The maximum Gasteiger partial charge on any atom is 0.335 e. The largest absolute Gasteiger partial charge is 0.508 e. The summed E-state index contributed by atoms with van der Waals surface area (Å²) >= 11 is 1.43. The third kappa shape index (κ3) is 4.58. The highest BCUT2D eigenvalue weighted by atomic mass is 32.2. The number of hydrogen-bond acceptors (Lipinski definition) is 10.